The van der Waals surface area contributed by atoms with Crippen molar-refractivity contribution < 1.29 is 18.0 Å². The molecule has 3 rings (SSSR count). The van der Waals surface area contributed by atoms with E-state index in [2.05, 4.69) is 10.0 Å². The van der Waals surface area contributed by atoms with Crippen LogP contribution in [-0.2, 0) is 32.5 Å². The highest BCUT2D eigenvalue weighted by atomic mass is 32.2. The molecule has 3 aromatic carbocycles. The summed E-state index contributed by atoms with van der Waals surface area (Å²) < 4.78 is 28.2. The molecule has 0 heterocycles. The van der Waals surface area contributed by atoms with E-state index < -0.39 is 28.0 Å². The van der Waals surface area contributed by atoms with Crippen LogP contribution in [0.4, 0.5) is 0 Å². The van der Waals surface area contributed by atoms with Gasteiger partial charge in [0.05, 0.1) is 10.9 Å². The second-order valence-electron chi connectivity index (χ2n) is 7.45. The van der Waals surface area contributed by atoms with Crippen molar-refractivity contribution in [2.75, 3.05) is 0 Å². The lowest BCUT2D eigenvalue weighted by Gasteiger charge is -2.21. The van der Waals surface area contributed by atoms with E-state index in [1.54, 1.807) is 18.2 Å². The Balaban J connectivity index is 1.74. The number of hydrogen-bond donors (Lipinski definition) is 2. The number of carbonyl (C=O) groups is 2. The van der Waals surface area contributed by atoms with Crippen molar-refractivity contribution in [1.82, 2.24) is 10.0 Å². The Morgan fingerprint density at radius 1 is 0.812 bits per heavy atom. The van der Waals surface area contributed by atoms with Crippen LogP contribution in [0.5, 0.6) is 0 Å². The van der Waals surface area contributed by atoms with Gasteiger partial charge < -0.3 is 10.1 Å². The molecule has 3 aromatic rings. The third-order valence-electron chi connectivity index (χ3n) is 5.03. The Labute approximate surface area is 188 Å². The van der Waals surface area contributed by atoms with E-state index in [-0.39, 0.29) is 11.3 Å². The third kappa shape index (κ3) is 6.87. The van der Waals surface area contributed by atoms with E-state index in [0.29, 0.717) is 19.1 Å². The molecule has 7 heteroatoms. The van der Waals surface area contributed by atoms with E-state index in [9.17, 15) is 18.0 Å². The van der Waals surface area contributed by atoms with Crippen LogP contribution < -0.4 is 10.0 Å². The number of aldehydes is 1. The Hall–Kier alpha value is -3.29. The van der Waals surface area contributed by atoms with Gasteiger partial charge in [0.25, 0.3) is 0 Å². The van der Waals surface area contributed by atoms with Gasteiger partial charge in [0, 0.05) is 0 Å². The van der Waals surface area contributed by atoms with Gasteiger partial charge in [0.1, 0.15) is 12.3 Å². The molecule has 1 amide bonds. The molecular weight excluding hydrogens is 424 g/mol. The van der Waals surface area contributed by atoms with Gasteiger partial charge in [0.15, 0.2) is 0 Å². The van der Waals surface area contributed by atoms with Crippen LogP contribution in [-0.4, -0.2) is 32.7 Å². The van der Waals surface area contributed by atoms with Crippen LogP contribution in [0.2, 0.25) is 0 Å². The second-order valence-corrected chi connectivity index (χ2v) is 9.17. The molecule has 2 N–H and O–H groups in total. The molecule has 166 valence electrons. The minimum absolute atomic E-state index is 0.0712. The molecule has 0 saturated heterocycles. The van der Waals surface area contributed by atoms with Crippen LogP contribution in [0, 0.1) is 0 Å². The average molecular weight is 451 g/mol. The molecule has 0 bridgehead atoms. The van der Waals surface area contributed by atoms with Crippen LogP contribution in [0.1, 0.15) is 17.5 Å². The molecule has 0 saturated carbocycles. The van der Waals surface area contributed by atoms with Gasteiger partial charge in [-0.2, -0.15) is 4.72 Å². The molecule has 0 aliphatic carbocycles. The van der Waals surface area contributed by atoms with Crippen molar-refractivity contribution in [2.24, 2.45) is 0 Å². The highest BCUT2D eigenvalue weighted by Gasteiger charge is 2.27. The lowest BCUT2D eigenvalue weighted by atomic mass is 10.0. The summed E-state index contributed by atoms with van der Waals surface area (Å²) in [5.41, 5.74) is 1.86. The molecule has 0 aromatic heterocycles. The topological polar surface area (TPSA) is 92.3 Å². The van der Waals surface area contributed by atoms with Crippen molar-refractivity contribution in [3.05, 3.63) is 102 Å². The lowest BCUT2D eigenvalue weighted by Crippen LogP contribution is -2.51. The Morgan fingerprint density at radius 3 is 1.91 bits per heavy atom. The number of rotatable bonds is 11. The molecule has 0 aliphatic heterocycles. The first kappa shape index (κ1) is 23.4. The van der Waals surface area contributed by atoms with Crippen LogP contribution >= 0.6 is 0 Å². The second kappa shape index (κ2) is 11.4. The predicted octanol–water partition coefficient (Wildman–Crippen LogP) is 2.89. The molecule has 2 unspecified atom stereocenters. The molecule has 0 spiro atoms. The van der Waals surface area contributed by atoms with Crippen LogP contribution in [0.3, 0.4) is 0 Å². The number of nitrogens with one attached hydrogen (secondary N) is 2. The van der Waals surface area contributed by atoms with Gasteiger partial charge in [-0.3, -0.25) is 4.79 Å². The summed E-state index contributed by atoms with van der Waals surface area (Å²) in [5, 5.41) is 2.70. The van der Waals surface area contributed by atoms with Crippen LogP contribution in [0.15, 0.2) is 95.9 Å². The maximum Gasteiger partial charge on any atom is 0.241 e. The molecule has 32 heavy (non-hydrogen) atoms. The summed E-state index contributed by atoms with van der Waals surface area (Å²) in [6.07, 6.45) is 1.88. The third-order valence-corrected chi connectivity index (χ3v) is 6.52. The standard InChI is InChI=1S/C25H26N2O4S/c28-19-22(17-16-20-10-4-1-5-11-20)26-25(29)24(18-21-12-6-2-7-13-21)27-32(30,31)23-14-8-3-9-15-23/h1-15,19,22,24,27H,16-18H2,(H,26,29). The van der Waals surface area contributed by atoms with Gasteiger partial charge in [-0.05, 0) is 42.5 Å². The van der Waals surface area contributed by atoms with Gasteiger partial charge in [-0.15, -0.1) is 0 Å². The zero-order valence-electron chi connectivity index (χ0n) is 17.6. The smallest absolute Gasteiger partial charge is 0.241 e. The molecule has 2 atom stereocenters. The minimum Gasteiger partial charge on any atom is -0.345 e. The number of aryl methyl sites for hydroxylation is 1. The van der Waals surface area contributed by atoms with Crippen molar-refractivity contribution >= 4 is 22.2 Å². The highest BCUT2D eigenvalue weighted by Crippen LogP contribution is 2.12. The fourth-order valence-electron chi connectivity index (χ4n) is 3.32. The summed E-state index contributed by atoms with van der Waals surface area (Å²) >= 11 is 0. The van der Waals surface area contributed by atoms with E-state index in [0.717, 1.165) is 11.1 Å². The summed E-state index contributed by atoms with van der Waals surface area (Å²) in [7, 11) is -3.92. The first-order valence-corrected chi connectivity index (χ1v) is 11.9. The van der Waals surface area contributed by atoms with Gasteiger partial charge >= 0.3 is 0 Å². The minimum atomic E-state index is -3.92. The Kier molecular flexibility index (Phi) is 8.30. The van der Waals surface area contributed by atoms with E-state index >= 15 is 0 Å². The van der Waals surface area contributed by atoms with Gasteiger partial charge in [-0.25, -0.2) is 8.42 Å². The normalized spacial score (nSPS) is 13.1. The molecule has 6 nitrogen and oxygen atoms in total. The van der Waals surface area contributed by atoms with E-state index in [1.807, 2.05) is 60.7 Å². The Morgan fingerprint density at radius 2 is 1.34 bits per heavy atom. The fraction of sp³-hybridized carbons (Fsp3) is 0.200. The largest absolute Gasteiger partial charge is 0.345 e. The maximum absolute atomic E-state index is 13.0. The van der Waals surface area contributed by atoms with Crippen molar-refractivity contribution in [3.63, 3.8) is 0 Å². The molecular formula is C25H26N2O4S. The Bertz CT molecular complexity index is 1100. The quantitative estimate of drug-likeness (QED) is 0.440. The number of hydrogen-bond acceptors (Lipinski definition) is 4. The maximum atomic E-state index is 13.0. The lowest BCUT2D eigenvalue weighted by molar-refractivity contribution is -0.125. The fourth-order valence-corrected chi connectivity index (χ4v) is 4.53. The van der Waals surface area contributed by atoms with E-state index in [4.69, 9.17) is 0 Å². The summed E-state index contributed by atoms with van der Waals surface area (Å²) in [6.45, 7) is 0. The number of amides is 1. The summed E-state index contributed by atoms with van der Waals surface area (Å²) in [4.78, 5) is 24.7. The zero-order chi connectivity index (χ0) is 22.8. The first-order chi connectivity index (χ1) is 15.5. The molecule has 0 radical (unpaired) electrons. The zero-order valence-corrected chi connectivity index (χ0v) is 18.4. The van der Waals surface area contributed by atoms with Crippen LogP contribution in [0.25, 0.3) is 0 Å². The molecule has 0 aliphatic rings. The number of carbonyl (C=O) groups excluding carboxylic acids is 2. The summed E-state index contributed by atoms with van der Waals surface area (Å²) in [5.74, 6) is -0.543. The number of benzene rings is 3. The van der Waals surface area contributed by atoms with Crippen molar-refractivity contribution in [1.29, 1.82) is 0 Å². The van der Waals surface area contributed by atoms with Gasteiger partial charge in [-0.1, -0.05) is 78.9 Å². The molecule has 0 fully saturated rings. The highest BCUT2D eigenvalue weighted by molar-refractivity contribution is 7.89. The van der Waals surface area contributed by atoms with E-state index in [1.165, 1.54) is 12.1 Å². The van der Waals surface area contributed by atoms with Crippen molar-refractivity contribution in [3.8, 4) is 0 Å². The first-order valence-electron chi connectivity index (χ1n) is 10.4. The average Bonchev–Trinajstić information content (AvgIpc) is 2.83. The SMILES string of the molecule is O=CC(CCc1ccccc1)NC(=O)C(Cc1ccccc1)NS(=O)(=O)c1ccccc1. The monoisotopic (exact) mass is 450 g/mol. The predicted molar refractivity (Wildman–Crippen MR) is 123 cm³/mol. The number of sulfonamides is 1. The van der Waals surface area contributed by atoms with Crippen molar-refractivity contribution in [2.45, 2.75) is 36.2 Å². The summed E-state index contributed by atoms with van der Waals surface area (Å²) in [6, 6.07) is 24.9. The van der Waals surface area contributed by atoms with Gasteiger partial charge in [0.2, 0.25) is 15.9 Å².